The summed E-state index contributed by atoms with van der Waals surface area (Å²) in [5.41, 5.74) is 0. The van der Waals surface area contributed by atoms with Gasteiger partial charge >= 0.3 is 0 Å². The van der Waals surface area contributed by atoms with Crippen LogP contribution in [0, 0.1) is 0 Å². The number of nitrogens with zero attached hydrogens (tertiary/aromatic N) is 1. The number of hydrogen-bond donors (Lipinski definition) is 0. The van der Waals surface area contributed by atoms with E-state index in [-0.39, 0.29) is 8.96 Å². The summed E-state index contributed by atoms with van der Waals surface area (Å²) in [6, 6.07) is 0. The third kappa shape index (κ3) is 2.56. The van der Waals surface area contributed by atoms with Gasteiger partial charge in [0, 0.05) is 9.52 Å². The predicted octanol–water partition coefficient (Wildman–Crippen LogP) is 1.66. The van der Waals surface area contributed by atoms with Crippen molar-refractivity contribution < 1.29 is 0 Å². The molecule has 59 valence electrons. The minimum atomic E-state index is -0.288. The average Bonchev–Trinajstić information content (AvgIpc) is 1.86. The van der Waals surface area contributed by atoms with Gasteiger partial charge in [-0.15, -0.1) is 0 Å². The highest BCUT2D eigenvalue weighted by Crippen LogP contribution is 2.26. The smallest absolute Gasteiger partial charge is 0.135 e. The lowest BCUT2D eigenvalue weighted by molar-refractivity contribution is 0.613. The lowest BCUT2D eigenvalue weighted by Crippen LogP contribution is -2.41. The Morgan fingerprint density at radius 3 is 1.80 bits per heavy atom. The normalized spacial score (nSPS) is 13.2. The van der Waals surface area contributed by atoms with Crippen LogP contribution in [0.2, 0.25) is 17.8 Å². The molecule has 0 atom stereocenters. The minimum absolute atomic E-state index is 0.288. The second-order valence-corrected chi connectivity index (χ2v) is 8.92. The van der Waals surface area contributed by atoms with Crippen molar-refractivity contribution in [3.05, 3.63) is 0 Å². The average molecular weight is 172 g/mol. The van der Waals surface area contributed by atoms with Crippen LogP contribution in [0.5, 0.6) is 0 Å². The van der Waals surface area contributed by atoms with Gasteiger partial charge in [0.25, 0.3) is 0 Å². The Morgan fingerprint density at radius 1 is 1.30 bits per heavy atom. The highest BCUT2D eigenvalue weighted by Gasteiger charge is 2.27. The van der Waals surface area contributed by atoms with Gasteiger partial charge in [-0.05, 0) is 18.8 Å². The molecular weight excluding hydrogens is 154 g/mol. The summed E-state index contributed by atoms with van der Waals surface area (Å²) in [5.74, 6) is 0. The van der Waals surface area contributed by atoms with Crippen LogP contribution in [0.1, 0.15) is 13.8 Å². The van der Waals surface area contributed by atoms with Crippen LogP contribution in [-0.4, -0.2) is 37.1 Å². The van der Waals surface area contributed by atoms with Gasteiger partial charge in [-0.25, -0.2) is 0 Å². The van der Waals surface area contributed by atoms with Crippen molar-refractivity contribution >= 4 is 18.5 Å². The van der Waals surface area contributed by atoms with Gasteiger partial charge in [-0.1, -0.05) is 26.9 Å². The van der Waals surface area contributed by atoms with Crippen LogP contribution in [-0.2, 0) is 0 Å². The van der Waals surface area contributed by atoms with E-state index in [2.05, 4.69) is 45.6 Å². The van der Waals surface area contributed by atoms with Crippen molar-refractivity contribution in [1.82, 2.24) is 4.57 Å². The van der Waals surface area contributed by atoms with Gasteiger partial charge in [0.15, 0.2) is 0 Å². The van der Waals surface area contributed by atoms with Crippen LogP contribution >= 0.6 is 0 Å². The van der Waals surface area contributed by atoms with Gasteiger partial charge in [-0.3, -0.25) is 0 Å². The number of hydrogen-bond acceptors (Lipinski definition) is 1. The lowest BCUT2D eigenvalue weighted by Gasteiger charge is -2.32. The van der Waals surface area contributed by atoms with Crippen LogP contribution < -0.4 is 0 Å². The molecule has 3 heteroatoms. The second kappa shape index (κ2) is 3.69. The maximum absolute atomic E-state index is 2.39. The maximum Gasteiger partial charge on any atom is 0.135 e. The Kier molecular flexibility index (Phi) is 3.83. The molecule has 0 aromatic rings. The fraction of sp³-hybridized carbons (Fsp3) is 1.00. The predicted molar refractivity (Wildman–Crippen MR) is 51.0 cm³/mol. The zero-order valence-electron chi connectivity index (χ0n) is 7.95. The van der Waals surface area contributed by atoms with E-state index in [1.165, 1.54) is 0 Å². The molecule has 0 fully saturated rings. The zero-order valence-corrected chi connectivity index (χ0v) is 9.95. The zero-order chi connectivity index (χ0) is 8.36. The van der Waals surface area contributed by atoms with E-state index in [4.69, 9.17) is 0 Å². The molecule has 0 aromatic carbocycles. The van der Waals surface area contributed by atoms with E-state index in [1.54, 1.807) is 0 Å². The molecule has 0 bridgehead atoms. The van der Waals surface area contributed by atoms with Gasteiger partial charge in [0.2, 0.25) is 0 Å². The Balaban J connectivity index is 4.03. The van der Waals surface area contributed by atoms with E-state index in [9.17, 15) is 0 Å². The molecule has 0 unspecified atom stereocenters. The van der Waals surface area contributed by atoms with Crippen molar-refractivity contribution in [1.29, 1.82) is 0 Å². The van der Waals surface area contributed by atoms with Gasteiger partial charge in [0.05, 0.1) is 0 Å². The van der Waals surface area contributed by atoms with Crippen molar-refractivity contribution in [2.45, 2.75) is 31.6 Å². The summed E-state index contributed by atoms with van der Waals surface area (Å²) in [6.07, 6.45) is 0. The molecule has 0 N–H and O–H groups in total. The molecule has 0 rings (SSSR count). The van der Waals surface area contributed by atoms with Crippen molar-refractivity contribution in [2.75, 3.05) is 14.1 Å². The molecule has 0 spiro atoms. The monoisotopic (exact) mass is 172 g/mol. The third-order valence-electron chi connectivity index (χ3n) is 2.20. The largest absolute Gasteiger partial charge is 0.330 e. The molecule has 0 heterocycles. The molecule has 0 aliphatic rings. The van der Waals surface area contributed by atoms with E-state index in [1.807, 2.05) is 0 Å². The van der Waals surface area contributed by atoms with Crippen LogP contribution in [0.25, 0.3) is 0 Å². The first-order chi connectivity index (χ1) is 4.41. The summed E-state index contributed by atoms with van der Waals surface area (Å²) in [7, 11) is 5.15. The molecule has 3 radical (unpaired) electrons. The highest BCUT2D eigenvalue weighted by atomic mass is 28.3. The fourth-order valence-corrected chi connectivity index (χ4v) is 3.98. The standard InChI is InChI=1S/C7H18NSi2/c1-7(2,9-5)10(6)8(3)4/h1-6H3. The highest BCUT2D eigenvalue weighted by molar-refractivity contribution is 6.71. The Hall–Kier alpha value is 0.394. The summed E-state index contributed by atoms with van der Waals surface area (Å²) in [4.78, 5) is 0. The van der Waals surface area contributed by atoms with Crippen LogP contribution in [0.4, 0.5) is 0 Å². The van der Waals surface area contributed by atoms with E-state index in [0.717, 1.165) is 9.52 Å². The molecule has 0 aliphatic carbocycles. The summed E-state index contributed by atoms with van der Waals surface area (Å²) in [6.45, 7) is 9.44. The molecule has 0 aliphatic heterocycles. The molecule has 0 aromatic heterocycles. The Bertz CT molecular complexity index is 102. The van der Waals surface area contributed by atoms with E-state index < -0.39 is 0 Å². The van der Waals surface area contributed by atoms with E-state index in [0.29, 0.717) is 4.66 Å². The quantitative estimate of drug-likeness (QED) is 0.585. The topological polar surface area (TPSA) is 3.24 Å². The van der Waals surface area contributed by atoms with Crippen molar-refractivity contribution in [3.63, 3.8) is 0 Å². The maximum atomic E-state index is 2.39. The summed E-state index contributed by atoms with van der Waals surface area (Å²) in [5, 5.41) is 0. The fourth-order valence-electron chi connectivity index (χ4n) is 0.740. The third-order valence-corrected chi connectivity index (χ3v) is 8.44. The van der Waals surface area contributed by atoms with Gasteiger partial charge < -0.3 is 4.57 Å². The van der Waals surface area contributed by atoms with Crippen LogP contribution in [0.3, 0.4) is 0 Å². The molecule has 0 saturated heterocycles. The molecule has 0 saturated carbocycles. The molecular formula is C7H18NSi2. The molecule has 0 amide bonds. The Labute approximate surface area is 69.3 Å². The van der Waals surface area contributed by atoms with Crippen molar-refractivity contribution in [3.8, 4) is 0 Å². The summed E-state index contributed by atoms with van der Waals surface area (Å²) >= 11 is 0. The Morgan fingerprint density at radius 2 is 1.70 bits per heavy atom. The van der Waals surface area contributed by atoms with Gasteiger partial charge in [0.1, 0.15) is 8.96 Å². The first kappa shape index (κ1) is 10.4. The summed E-state index contributed by atoms with van der Waals surface area (Å²) < 4.78 is 2.97. The first-order valence-corrected chi connectivity index (χ1v) is 7.07. The van der Waals surface area contributed by atoms with E-state index >= 15 is 0 Å². The van der Waals surface area contributed by atoms with Crippen LogP contribution in [0.15, 0.2) is 0 Å². The molecule has 1 nitrogen and oxygen atoms in total. The molecule has 10 heavy (non-hydrogen) atoms. The minimum Gasteiger partial charge on any atom is -0.330 e. The SMILES string of the molecule is C[Si]C(C)(C)[Si](C)N(C)C. The van der Waals surface area contributed by atoms with Crippen molar-refractivity contribution in [2.24, 2.45) is 0 Å². The van der Waals surface area contributed by atoms with Gasteiger partial charge in [-0.2, -0.15) is 0 Å². The second-order valence-electron chi connectivity index (χ2n) is 3.35. The lowest BCUT2D eigenvalue weighted by atomic mass is 10.5. The number of rotatable bonds is 3. The first-order valence-electron chi connectivity index (χ1n) is 3.62.